The van der Waals surface area contributed by atoms with E-state index in [1.165, 1.54) is 0 Å². The summed E-state index contributed by atoms with van der Waals surface area (Å²) in [5.41, 5.74) is -3.08. The van der Waals surface area contributed by atoms with Crippen molar-refractivity contribution in [3.8, 4) is 0 Å². The Morgan fingerprint density at radius 3 is 1.59 bits per heavy atom. The van der Waals surface area contributed by atoms with Gasteiger partial charge in [0, 0.05) is 0 Å². The molecule has 0 atom stereocenters. The van der Waals surface area contributed by atoms with Crippen molar-refractivity contribution in [2.45, 2.75) is 19.0 Å². The van der Waals surface area contributed by atoms with E-state index in [2.05, 4.69) is 10.7 Å². The molecule has 0 aliphatic heterocycles. The lowest BCUT2D eigenvalue weighted by atomic mass is 10.1. The third kappa shape index (κ3) is 3.60. The van der Waals surface area contributed by atoms with Crippen LogP contribution in [0.4, 0.5) is 26.3 Å². The van der Waals surface area contributed by atoms with Crippen molar-refractivity contribution < 1.29 is 31.2 Å². The van der Waals surface area contributed by atoms with Gasteiger partial charge in [-0.3, -0.25) is 4.84 Å². The summed E-state index contributed by atoms with van der Waals surface area (Å²) < 4.78 is 74.0. The van der Waals surface area contributed by atoms with Crippen LogP contribution in [0.2, 0.25) is 0 Å². The molecule has 0 unspecified atom stereocenters. The molecule has 2 nitrogen and oxygen atoms in total. The molecule has 96 valence electrons. The fourth-order valence-corrected chi connectivity index (χ4v) is 1.20. The molecular weight excluding hydrogens is 252 g/mol. The molecule has 0 radical (unpaired) electrons. The van der Waals surface area contributed by atoms with Gasteiger partial charge in [0.1, 0.15) is 0 Å². The Labute approximate surface area is 91.9 Å². The van der Waals surface area contributed by atoms with E-state index < -0.39 is 30.1 Å². The van der Waals surface area contributed by atoms with Crippen LogP contribution in [-0.2, 0) is 23.8 Å². The quantitative estimate of drug-likeness (QED) is 0.654. The largest absolute Gasteiger partial charge is 0.416 e. The summed E-state index contributed by atoms with van der Waals surface area (Å²) in [7, 11) is 0. The Bertz CT molecular complexity index is 365. The fraction of sp³-hybridized carbons (Fsp3) is 0.333. The summed E-state index contributed by atoms with van der Waals surface area (Å²) in [6, 6.07) is 1.16. The Kier molecular flexibility index (Phi) is 3.68. The highest BCUT2D eigenvalue weighted by Gasteiger charge is 2.36. The van der Waals surface area contributed by atoms with E-state index in [1.54, 1.807) is 0 Å². The second-order valence-corrected chi connectivity index (χ2v) is 3.23. The van der Waals surface area contributed by atoms with Crippen molar-refractivity contribution in [3.05, 3.63) is 34.9 Å². The number of nitrogens with two attached hydrogens (primary N) is 1. The predicted molar refractivity (Wildman–Crippen MR) is 45.4 cm³/mol. The monoisotopic (exact) mass is 259 g/mol. The van der Waals surface area contributed by atoms with Crippen LogP contribution in [0.25, 0.3) is 0 Å². The first-order chi connectivity index (χ1) is 7.64. The first-order valence-corrected chi connectivity index (χ1v) is 4.24. The Hall–Kier alpha value is -1.28. The maximum atomic E-state index is 12.3. The number of alkyl halides is 6. The van der Waals surface area contributed by atoms with Crippen LogP contribution in [0.1, 0.15) is 16.7 Å². The molecule has 1 rings (SSSR count). The fourth-order valence-electron chi connectivity index (χ4n) is 1.20. The molecule has 0 saturated carbocycles. The molecule has 0 aliphatic rings. The van der Waals surface area contributed by atoms with Gasteiger partial charge in [-0.25, -0.2) is 5.90 Å². The molecule has 0 aliphatic carbocycles. The van der Waals surface area contributed by atoms with Gasteiger partial charge in [-0.2, -0.15) is 26.3 Å². The van der Waals surface area contributed by atoms with Crippen molar-refractivity contribution in [1.82, 2.24) is 0 Å². The van der Waals surface area contributed by atoms with Crippen LogP contribution in [-0.4, -0.2) is 0 Å². The summed E-state index contributed by atoms with van der Waals surface area (Å²) in [5, 5.41) is 0. The molecule has 1 aromatic carbocycles. The molecule has 17 heavy (non-hydrogen) atoms. The van der Waals surface area contributed by atoms with Crippen LogP contribution in [0.3, 0.4) is 0 Å². The molecule has 0 fully saturated rings. The zero-order valence-corrected chi connectivity index (χ0v) is 8.19. The minimum absolute atomic E-state index is 0.0417. The number of hydrogen-bond donors (Lipinski definition) is 1. The number of benzene rings is 1. The summed E-state index contributed by atoms with van der Waals surface area (Å²) in [6.45, 7) is -0.535. The van der Waals surface area contributed by atoms with E-state index in [-0.39, 0.29) is 11.6 Å². The first kappa shape index (κ1) is 13.8. The lowest BCUT2D eigenvalue weighted by molar-refractivity contribution is -0.143. The zero-order valence-electron chi connectivity index (χ0n) is 8.19. The van der Waals surface area contributed by atoms with Crippen molar-refractivity contribution in [2.24, 2.45) is 5.90 Å². The molecule has 0 aromatic heterocycles. The van der Waals surface area contributed by atoms with Crippen LogP contribution >= 0.6 is 0 Å². The molecule has 2 N–H and O–H groups in total. The number of halogens is 6. The topological polar surface area (TPSA) is 35.2 Å². The van der Waals surface area contributed by atoms with Crippen LogP contribution < -0.4 is 5.90 Å². The van der Waals surface area contributed by atoms with E-state index >= 15 is 0 Å². The summed E-state index contributed by atoms with van der Waals surface area (Å²) in [5.74, 6) is 4.62. The van der Waals surface area contributed by atoms with E-state index in [0.717, 1.165) is 0 Å². The van der Waals surface area contributed by atoms with Crippen LogP contribution in [0.5, 0.6) is 0 Å². The van der Waals surface area contributed by atoms with Crippen molar-refractivity contribution in [2.75, 3.05) is 0 Å². The van der Waals surface area contributed by atoms with Gasteiger partial charge in [-0.15, -0.1) is 0 Å². The lowest BCUT2D eigenvalue weighted by Gasteiger charge is -2.13. The average molecular weight is 259 g/mol. The molecular formula is C9H7F6NO. The minimum Gasteiger partial charge on any atom is -0.300 e. The molecule has 0 spiro atoms. The maximum Gasteiger partial charge on any atom is 0.416 e. The first-order valence-electron chi connectivity index (χ1n) is 4.24. The summed E-state index contributed by atoms with van der Waals surface area (Å²) in [4.78, 5) is 4.03. The van der Waals surface area contributed by atoms with Gasteiger partial charge in [0.25, 0.3) is 0 Å². The van der Waals surface area contributed by atoms with Crippen LogP contribution in [0.15, 0.2) is 18.2 Å². The summed E-state index contributed by atoms with van der Waals surface area (Å²) in [6.07, 6.45) is -9.71. The Balaban J connectivity index is 3.29. The van der Waals surface area contributed by atoms with Gasteiger partial charge in [-0.05, 0) is 23.8 Å². The van der Waals surface area contributed by atoms with Crippen molar-refractivity contribution in [1.29, 1.82) is 0 Å². The van der Waals surface area contributed by atoms with Gasteiger partial charge in [0.05, 0.1) is 17.7 Å². The molecule has 8 heteroatoms. The van der Waals surface area contributed by atoms with Gasteiger partial charge >= 0.3 is 12.4 Å². The van der Waals surface area contributed by atoms with E-state index in [1.807, 2.05) is 0 Å². The lowest BCUT2D eigenvalue weighted by Crippen LogP contribution is -2.12. The standard InChI is InChI=1S/C9H7F6NO/c10-8(11,12)6-1-5(4-17-16)2-7(3-6)9(13,14)15/h1-3H,4,16H2. The minimum atomic E-state index is -4.86. The van der Waals surface area contributed by atoms with E-state index in [9.17, 15) is 26.3 Å². The third-order valence-electron chi connectivity index (χ3n) is 1.90. The smallest absolute Gasteiger partial charge is 0.300 e. The van der Waals surface area contributed by atoms with Crippen molar-refractivity contribution in [3.63, 3.8) is 0 Å². The van der Waals surface area contributed by atoms with Gasteiger partial charge < -0.3 is 0 Å². The van der Waals surface area contributed by atoms with Gasteiger partial charge in [0.15, 0.2) is 0 Å². The highest BCUT2D eigenvalue weighted by molar-refractivity contribution is 5.33. The summed E-state index contributed by atoms with van der Waals surface area (Å²) >= 11 is 0. The molecule has 0 heterocycles. The van der Waals surface area contributed by atoms with Gasteiger partial charge in [-0.1, -0.05) is 0 Å². The third-order valence-corrected chi connectivity index (χ3v) is 1.90. The Morgan fingerprint density at radius 2 is 1.29 bits per heavy atom. The number of rotatable bonds is 2. The zero-order chi connectivity index (χ0) is 13.3. The average Bonchev–Trinajstić information content (AvgIpc) is 2.15. The highest BCUT2D eigenvalue weighted by Crippen LogP contribution is 2.36. The molecule has 0 amide bonds. The molecule has 0 bridgehead atoms. The second-order valence-electron chi connectivity index (χ2n) is 3.23. The van der Waals surface area contributed by atoms with Gasteiger partial charge in [0.2, 0.25) is 0 Å². The number of hydrogen-bond acceptors (Lipinski definition) is 2. The van der Waals surface area contributed by atoms with E-state index in [4.69, 9.17) is 0 Å². The Morgan fingerprint density at radius 1 is 0.882 bits per heavy atom. The molecule has 1 aromatic rings. The van der Waals surface area contributed by atoms with Crippen LogP contribution in [0, 0.1) is 0 Å². The van der Waals surface area contributed by atoms with E-state index in [0.29, 0.717) is 12.1 Å². The SMILES string of the molecule is NOCc1cc(C(F)(F)F)cc(C(F)(F)F)c1. The highest BCUT2D eigenvalue weighted by atomic mass is 19.4. The predicted octanol–water partition coefficient (Wildman–Crippen LogP) is 3.11. The second kappa shape index (κ2) is 4.53. The molecule has 0 saturated heterocycles. The van der Waals surface area contributed by atoms with Crippen molar-refractivity contribution >= 4 is 0 Å². The maximum absolute atomic E-state index is 12.3. The normalized spacial score (nSPS) is 12.9.